The Balaban J connectivity index is -0.0000000203. The van der Waals surface area contributed by atoms with Crippen molar-refractivity contribution in [3.8, 4) is 0 Å². The second-order valence-electron chi connectivity index (χ2n) is 6.63. The van der Waals surface area contributed by atoms with Crippen molar-refractivity contribution in [3.63, 3.8) is 0 Å². The Morgan fingerprint density at radius 2 is 0.333 bits per heavy atom. The predicted molar refractivity (Wildman–Crippen MR) is 205 cm³/mol. The summed E-state index contributed by atoms with van der Waals surface area (Å²) in [6.45, 7) is 51.0. The maximum atomic E-state index is 2.28. The van der Waals surface area contributed by atoms with Gasteiger partial charge in [-0.15, -0.1) is 0 Å². The number of hydrogen-bond acceptors (Lipinski definition) is 0. The fourth-order valence-electron chi connectivity index (χ4n) is 0.667. The van der Waals surface area contributed by atoms with Gasteiger partial charge in [0.05, 0.1) is 0 Å². The maximum absolute atomic E-state index is 2.28. The van der Waals surface area contributed by atoms with E-state index in [2.05, 4.69) is 48.5 Å². The maximum Gasteiger partial charge on any atom is -0.0443 e. The van der Waals surface area contributed by atoms with Gasteiger partial charge >= 0.3 is 0 Å². The first-order valence-electron chi connectivity index (χ1n) is 19.1. The molecule has 3 aliphatic carbocycles. The molecule has 0 bridgehead atoms. The molecular formula is C39H102. The van der Waals surface area contributed by atoms with Gasteiger partial charge in [0.15, 0.2) is 0 Å². The molecule has 0 N–H and O–H groups in total. The second-order valence-corrected chi connectivity index (χ2v) is 6.63. The summed E-state index contributed by atoms with van der Waals surface area (Å²) in [6, 6.07) is 0. The Morgan fingerprint density at radius 1 is 0.282 bits per heavy atom. The van der Waals surface area contributed by atoms with E-state index in [0.29, 0.717) is 0 Å². The van der Waals surface area contributed by atoms with Crippen LogP contribution in [0.25, 0.3) is 0 Å². The lowest BCUT2D eigenvalue weighted by Gasteiger charge is -2.05. The zero-order chi connectivity index (χ0) is 34.8. The second kappa shape index (κ2) is 203. The van der Waals surface area contributed by atoms with E-state index in [0.717, 1.165) is 5.92 Å². The minimum Gasteiger partial charge on any atom is -0.0683 e. The molecule has 3 aliphatic rings. The third kappa shape index (κ3) is 407. The van der Waals surface area contributed by atoms with Crippen LogP contribution in [0.1, 0.15) is 257 Å². The summed E-state index contributed by atoms with van der Waals surface area (Å²) in [7, 11) is 0. The summed E-state index contributed by atoms with van der Waals surface area (Å²) in [6.07, 6.45) is 18.7. The first-order valence-corrected chi connectivity index (χ1v) is 19.1. The molecule has 0 heterocycles. The van der Waals surface area contributed by atoms with Crippen LogP contribution >= 0.6 is 0 Å². The summed E-state index contributed by atoms with van der Waals surface area (Å²) >= 11 is 0. The Kier molecular flexibility index (Phi) is 403. The first kappa shape index (κ1) is 77.3. The van der Waals surface area contributed by atoms with Crippen LogP contribution in [0.15, 0.2) is 0 Å². The molecule has 3 saturated carbocycles. The van der Waals surface area contributed by atoms with Crippen molar-refractivity contribution in [2.24, 2.45) is 5.92 Å². The monoisotopic (exact) mass is 571 g/mol. The van der Waals surface area contributed by atoms with Crippen molar-refractivity contribution in [2.45, 2.75) is 257 Å². The molecule has 0 aromatic heterocycles. The Morgan fingerprint density at radius 3 is 0.333 bits per heavy atom. The van der Waals surface area contributed by atoms with Crippen molar-refractivity contribution in [1.29, 1.82) is 0 Å². The van der Waals surface area contributed by atoms with Crippen LogP contribution in [-0.2, 0) is 0 Å². The van der Waals surface area contributed by atoms with Gasteiger partial charge in [-0.3, -0.25) is 0 Å². The van der Waals surface area contributed by atoms with Gasteiger partial charge in [0.25, 0.3) is 0 Å². The van der Waals surface area contributed by atoms with E-state index in [1.165, 1.54) is 83.5 Å². The number of rotatable bonds is 0. The van der Waals surface area contributed by atoms with Crippen molar-refractivity contribution < 1.29 is 0 Å². The van der Waals surface area contributed by atoms with Crippen LogP contribution in [0.2, 0.25) is 0 Å². The largest absolute Gasteiger partial charge is 0.0683 e. The SMILES string of the molecule is C1CCC1.C1CCC1.CC.CC.CC.CC.CC.CC.CC.CC.CC.CC1CC1.CCC.CCC.CCC. The van der Waals surface area contributed by atoms with Crippen molar-refractivity contribution in [1.82, 2.24) is 0 Å². The third-order valence-corrected chi connectivity index (χ3v) is 2.87. The molecule has 0 aromatic carbocycles. The summed E-state index contributed by atoms with van der Waals surface area (Å²) < 4.78 is 0. The average molecular weight is 571 g/mol. The topological polar surface area (TPSA) is 0 Å². The van der Waals surface area contributed by atoms with Gasteiger partial charge in [-0.1, -0.05) is 257 Å². The highest BCUT2D eigenvalue weighted by Crippen LogP contribution is 2.26. The predicted octanol–water partition coefficient (Wildman–Crippen LogP) is 18.0. The molecule has 0 amide bonds. The lowest BCUT2D eigenvalue weighted by Crippen LogP contribution is -1.85. The first-order chi connectivity index (χ1) is 19.1. The molecule has 0 heteroatoms. The molecule has 0 aromatic rings. The molecule has 0 unspecified atom stereocenters. The van der Waals surface area contributed by atoms with Gasteiger partial charge in [0.2, 0.25) is 0 Å². The minimum absolute atomic E-state index is 1.08. The molecule has 0 spiro atoms. The van der Waals surface area contributed by atoms with E-state index in [1.54, 1.807) is 0 Å². The van der Waals surface area contributed by atoms with E-state index in [4.69, 9.17) is 0 Å². The lowest BCUT2D eigenvalue weighted by molar-refractivity contribution is 0.504. The molecule has 0 nitrogen and oxygen atoms in total. The summed E-state index contributed by atoms with van der Waals surface area (Å²) in [5.41, 5.74) is 0. The van der Waals surface area contributed by atoms with Gasteiger partial charge in [-0.05, 0) is 5.92 Å². The molecule has 39 heavy (non-hydrogen) atoms. The lowest BCUT2D eigenvalue weighted by atomic mass is 10.0. The molecule has 0 atom stereocenters. The zero-order valence-electron chi connectivity index (χ0n) is 34.8. The van der Waals surface area contributed by atoms with E-state index < -0.39 is 0 Å². The molecule has 0 radical (unpaired) electrons. The Bertz CT molecular complexity index is 95.2. The van der Waals surface area contributed by atoms with Crippen LogP contribution in [0.5, 0.6) is 0 Å². The molecule has 3 rings (SSSR count). The average Bonchev–Trinajstić information content (AvgIpc) is 3.76. The molecule has 3 fully saturated rings. The van der Waals surface area contributed by atoms with Crippen LogP contribution < -0.4 is 0 Å². The van der Waals surface area contributed by atoms with Crippen LogP contribution in [0.4, 0.5) is 0 Å². The van der Waals surface area contributed by atoms with Crippen molar-refractivity contribution in [2.75, 3.05) is 0 Å². The highest BCUT2D eigenvalue weighted by molar-refractivity contribution is 4.65. The molecule has 0 aliphatic heterocycles. The van der Waals surface area contributed by atoms with Crippen LogP contribution in [-0.4, -0.2) is 0 Å². The quantitative estimate of drug-likeness (QED) is 0.271. The van der Waals surface area contributed by atoms with E-state index in [9.17, 15) is 0 Å². The molecule has 258 valence electrons. The standard InChI is InChI=1S/3C4H8.3C3H8.9C2H6/c1-4-2-3-4;2*1-2-4-3-1;3*1-3-2;9*1-2/h4H,2-3H2,1H3;2*1-4H2;3*3H2,1-2H3;9*1-2H3. The van der Waals surface area contributed by atoms with E-state index in [1.807, 2.05) is 125 Å². The van der Waals surface area contributed by atoms with Crippen molar-refractivity contribution >= 4 is 0 Å². The zero-order valence-corrected chi connectivity index (χ0v) is 34.8. The fourth-order valence-corrected chi connectivity index (χ4v) is 0.667. The van der Waals surface area contributed by atoms with Gasteiger partial charge in [0.1, 0.15) is 0 Å². The highest BCUT2D eigenvalue weighted by Gasteiger charge is 2.12. The van der Waals surface area contributed by atoms with Crippen LogP contribution in [0, 0.1) is 5.92 Å². The van der Waals surface area contributed by atoms with E-state index >= 15 is 0 Å². The highest BCUT2D eigenvalue weighted by atomic mass is 14.2. The van der Waals surface area contributed by atoms with Gasteiger partial charge < -0.3 is 0 Å². The van der Waals surface area contributed by atoms with E-state index in [-0.39, 0.29) is 0 Å². The molecule has 0 saturated heterocycles. The summed E-state index contributed by atoms with van der Waals surface area (Å²) in [5, 5.41) is 0. The third-order valence-electron chi connectivity index (χ3n) is 2.87. The smallest absolute Gasteiger partial charge is 0.0443 e. The Hall–Kier alpha value is 0. The van der Waals surface area contributed by atoms with Gasteiger partial charge in [0, 0.05) is 0 Å². The minimum atomic E-state index is 1.08. The Labute approximate surface area is 262 Å². The summed E-state index contributed by atoms with van der Waals surface area (Å²) in [5.74, 6) is 1.08. The van der Waals surface area contributed by atoms with Crippen molar-refractivity contribution in [3.05, 3.63) is 0 Å². The molecular weight excluding hydrogens is 468 g/mol. The fraction of sp³-hybridized carbons (Fsp3) is 1.00. The van der Waals surface area contributed by atoms with Crippen LogP contribution in [0.3, 0.4) is 0 Å². The van der Waals surface area contributed by atoms with Gasteiger partial charge in [-0.2, -0.15) is 0 Å². The van der Waals surface area contributed by atoms with Gasteiger partial charge in [-0.25, -0.2) is 0 Å². The normalized spacial score (nSPS) is 10.4. The number of hydrogen-bond donors (Lipinski definition) is 0. The summed E-state index contributed by atoms with van der Waals surface area (Å²) in [4.78, 5) is 0.